The van der Waals surface area contributed by atoms with E-state index < -0.39 is 5.97 Å². The van der Waals surface area contributed by atoms with Gasteiger partial charge >= 0.3 is 5.97 Å². The van der Waals surface area contributed by atoms with Gasteiger partial charge in [0.05, 0.1) is 6.42 Å². The van der Waals surface area contributed by atoms with E-state index in [0.717, 1.165) is 19.3 Å². The highest BCUT2D eigenvalue weighted by atomic mass is 16.4. The molecule has 2 rings (SSSR count). The molecule has 3 N–H and O–H groups in total. The third kappa shape index (κ3) is 2.67. The number of benzene rings is 1. The van der Waals surface area contributed by atoms with Crippen LogP contribution in [0, 0.1) is 5.41 Å². The molecule has 92 valence electrons. The summed E-state index contributed by atoms with van der Waals surface area (Å²) in [6, 6.07) is 10.3. The number of carboxylic acids is 1. The molecule has 1 aliphatic rings. The summed E-state index contributed by atoms with van der Waals surface area (Å²) in [5, 5.41) is 8.97. The molecule has 1 fully saturated rings. The number of hydrogen-bond acceptors (Lipinski definition) is 2. The van der Waals surface area contributed by atoms with Crippen LogP contribution in [0.4, 0.5) is 0 Å². The zero-order chi connectivity index (χ0) is 12.3. The van der Waals surface area contributed by atoms with Gasteiger partial charge in [-0.15, -0.1) is 0 Å². The van der Waals surface area contributed by atoms with Gasteiger partial charge in [0.2, 0.25) is 0 Å². The van der Waals surface area contributed by atoms with E-state index in [9.17, 15) is 4.79 Å². The number of rotatable bonds is 4. The second kappa shape index (κ2) is 4.88. The van der Waals surface area contributed by atoms with Gasteiger partial charge < -0.3 is 10.8 Å². The number of nitrogens with two attached hydrogens (primary N) is 1. The molecular weight excluding hydrogens is 214 g/mol. The first-order valence-electron chi connectivity index (χ1n) is 6.12. The molecule has 0 radical (unpaired) electrons. The van der Waals surface area contributed by atoms with Crippen molar-refractivity contribution in [3.8, 4) is 0 Å². The molecule has 0 heterocycles. The van der Waals surface area contributed by atoms with Crippen molar-refractivity contribution in [1.82, 2.24) is 0 Å². The van der Waals surface area contributed by atoms with Crippen molar-refractivity contribution in [3.63, 3.8) is 0 Å². The Morgan fingerprint density at radius 1 is 1.41 bits per heavy atom. The highest BCUT2D eigenvalue weighted by molar-refractivity contribution is 5.67. The van der Waals surface area contributed by atoms with Crippen molar-refractivity contribution in [2.75, 3.05) is 6.54 Å². The van der Waals surface area contributed by atoms with E-state index >= 15 is 0 Å². The predicted octanol–water partition coefficient (Wildman–Crippen LogP) is 2.37. The highest BCUT2D eigenvalue weighted by Gasteiger charge is 2.40. The first-order chi connectivity index (χ1) is 8.15. The van der Waals surface area contributed by atoms with Gasteiger partial charge in [-0.3, -0.25) is 4.79 Å². The SMILES string of the molecule is NC[C@@]1(CC(=O)O)CC[C@H](c2ccccc2)C1. The summed E-state index contributed by atoms with van der Waals surface area (Å²) in [5.41, 5.74) is 6.92. The molecule has 3 nitrogen and oxygen atoms in total. The van der Waals surface area contributed by atoms with Crippen molar-refractivity contribution in [2.24, 2.45) is 11.1 Å². The largest absolute Gasteiger partial charge is 0.481 e. The van der Waals surface area contributed by atoms with E-state index in [1.54, 1.807) is 0 Å². The molecule has 1 aromatic carbocycles. The smallest absolute Gasteiger partial charge is 0.303 e. The summed E-state index contributed by atoms with van der Waals surface area (Å²) < 4.78 is 0. The van der Waals surface area contributed by atoms with Gasteiger partial charge in [0.15, 0.2) is 0 Å². The Labute approximate surface area is 102 Å². The van der Waals surface area contributed by atoms with Gasteiger partial charge in [0.1, 0.15) is 0 Å². The van der Waals surface area contributed by atoms with E-state index in [0.29, 0.717) is 12.5 Å². The summed E-state index contributed by atoms with van der Waals surface area (Å²) in [6.45, 7) is 0.475. The topological polar surface area (TPSA) is 63.3 Å². The molecule has 1 saturated carbocycles. The van der Waals surface area contributed by atoms with Crippen LogP contribution in [0.15, 0.2) is 30.3 Å². The molecule has 3 heteroatoms. The number of carbonyl (C=O) groups is 1. The van der Waals surface area contributed by atoms with Gasteiger partial charge in [0, 0.05) is 0 Å². The van der Waals surface area contributed by atoms with Gasteiger partial charge in [-0.1, -0.05) is 30.3 Å². The lowest BCUT2D eigenvalue weighted by Crippen LogP contribution is -2.30. The van der Waals surface area contributed by atoms with Gasteiger partial charge in [0.25, 0.3) is 0 Å². The van der Waals surface area contributed by atoms with Crippen molar-refractivity contribution >= 4 is 5.97 Å². The Bertz CT molecular complexity index is 390. The summed E-state index contributed by atoms with van der Waals surface area (Å²) in [7, 11) is 0. The maximum Gasteiger partial charge on any atom is 0.303 e. The number of carboxylic acid groups (broad SMARTS) is 1. The molecule has 2 atom stereocenters. The molecule has 0 bridgehead atoms. The maximum absolute atomic E-state index is 10.9. The fourth-order valence-corrected chi connectivity index (χ4v) is 2.96. The summed E-state index contributed by atoms with van der Waals surface area (Å²) in [6.07, 6.45) is 3.08. The van der Waals surface area contributed by atoms with Crippen LogP contribution in [0.25, 0.3) is 0 Å². The third-order valence-electron chi connectivity index (χ3n) is 3.93. The minimum Gasteiger partial charge on any atom is -0.481 e. The molecule has 17 heavy (non-hydrogen) atoms. The fourth-order valence-electron chi connectivity index (χ4n) is 2.96. The van der Waals surface area contributed by atoms with Gasteiger partial charge in [-0.25, -0.2) is 0 Å². The zero-order valence-corrected chi connectivity index (χ0v) is 9.93. The van der Waals surface area contributed by atoms with Crippen LogP contribution in [-0.2, 0) is 4.79 Å². The second-order valence-electron chi connectivity index (χ2n) is 5.13. The standard InChI is InChI=1S/C14H19NO2/c15-10-14(9-13(16)17)7-6-12(8-14)11-4-2-1-3-5-11/h1-5,12H,6-10,15H2,(H,16,17)/t12-,14-/m0/s1. The molecule has 0 amide bonds. The molecule has 0 aromatic heterocycles. The summed E-state index contributed by atoms with van der Waals surface area (Å²) >= 11 is 0. The highest BCUT2D eigenvalue weighted by Crippen LogP contribution is 2.48. The Morgan fingerprint density at radius 2 is 2.12 bits per heavy atom. The second-order valence-corrected chi connectivity index (χ2v) is 5.13. The van der Waals surface area contributed by atoms with E-state index in [1.165, 1.54) is 5.56 Å². The van der Waals surface area contributed by atoms with E-state index in [1.807, 2.05) is 18.2 Å². The van der Waals surface area contributed by atoms with Crippen LogP contribution >= 0.6 is 0 Å². The Hall–Kier alpha value is -1.35. The van der Waals surface area contributed by atoms with Crippen molar-refractivity contribution in [3.05, 3.63) is 35.9 Å². The molecule has 1 aromatic rings. The monoisotopic (exact) mass is 233 g/mol. The van der Waals surface area contributed by atoms with Crippen LogP contribution < -0.4 is 5.73 Å². The molecule has 0 saturated heterocycles. The van der Waals surface area contributed by atoms with Crippen molar-refractivity contribution in [2.45, 2.75) is 31.6 Å². The van der Waals surface area contributed by atoms with Crippen LogP contribution in [-0.4, -0.2) is 17.6 Å². The normalized spacial score (nSPS) is 28.2. The quantitative estimate of drug-likeness (QED) is 0.839. The molecule has 1 aliphatic carbocycles. The lowest BCUT2D eigenvalue weighted by atomic mass is 9.81. The average molecular weight is 233 g/mol. The third-order valence-corrected chi connectivity index (χ3v) is 3.93. The van der Waals surface area contributed by atoms with E-state index in [4.69, 9.17) is 10.8 Å². The first-order valence-corrected chi connectivity index (χ1v) is 6.12. The average Bonchev–Trinajstić information content (AvgIpc) is 2.74. The zero-order valence-electron chi connectivity index (χ0n) is 9.93. The first kappa shape index (κ1) is 12.1. The van der Waals surface area contributed by atoms with Crippen LogP contribution in [0.5, 0.6) is 0 Å². The van der Waals surface area contributed by atoms with Gasteiger partial charge in [-0.2, -0.15) is 0 Å². The van der Waals surface area contributed by atoms with Crippen molar-refractivity contribution in [1.29, 1.82) is 0 Å². The van der Waals surface area contributed by atoms with Gasteiger partial charge in [-0.05, 0) is 42.7 Å². The Balaban J connectivity index is 2.10. The van der Waals surface area contributed by atoms with Crippen LogP contribution in [0.2, 0.25) is 0 Å². The summed E-state index contributed by atoms with van der Waals surface area (Å²) in [5.74, 6) is -0.261. The minimum absolute atomic E-state index is 0.188. The maximum atomic E-state index is 10.9. The summed E-state index contributed by atoms with van der Waals surface area (Å²) in [4.78, 5) is 10.9. The molecular formula is C14H19NO2. The lowest BCUT2D eigenvalue weighted by Gasteiger charge is -2.25. The lowest BCUT2D eigenvalue weighted by molar-refractivity contribution is -0.139. The molecule has 0 spiro atoms. The van der Waals surface area contributed by atoms with E-state index in [2.05, 4.69) is 12.1 Å². The molecule has 0 unspecified atom stereocenters. The van der Waals surface area contributed by atoms with Crippen LogP contribution in [0.3, 0.4) is 0 Å². The fraction of sp³-hybridized carbons (Fsp3) is 0.500. The number of aliphatic carboxylic acids is 1. The van der Waals surface area contributed by atoms with E-state index in [-0.39, 0.29) is 11.8 Å². The predicted molar refractivity (Wildman–Crippen MR) is 66.8 cm³/mol. The Kier molecular flexibility index (Phi) is 3.48. The van der Waals surface area contributed by atoms with Crippen molar-refractivity contribution < 1.29 is 9.90 Å². The minimum atomic E-state index is -0.732. The van der Waals surface area contributed by atoms with Crippen LogP contribution in [0.1, 0.15) is 37.2 Å². The molecule has 0 aliphatic heterocycles. The number of hydrogen-bond donors (Lipinski definition) is 2. The Morgan fingerprint density at radius 3 is 2.71 bits per heavy atom.